The Labute approximate surface area is 111 Å². The molecule has 0 aliphatic carbocycles. The zero-order chi connectivity index (χ0) is 13.6. The molecule has 0 bridgehead atoms. The lowest BCUT2D eigenvalue weighted by molar-refractivity contribution is -0.131. The first-order valence-corrected chi connectivity index (χ1v) is 6.95. The van der Waals surface area contributed by atoms with Gasteiger partial charge in [-0.15, -0.1) is 0 Å². The van der Waals surface area contributed by atoms with Crippen molar-refractivity contribution in [3.05, 3.63) is 0 Å². The molecule has 0 aromatic rings. The number of nitrogens with zero attached hydrogens (tertiary/aromatic N) is 1. The smallest absolute Gasteiger partial charge is 0.223 e. The maximum Gasteiger partial charge on any atom is 0.223 e. The van der Waals surface area contributed by atoms with Gasteiger partial charge >= 0.3 is 0 Å². The van der Waals surface area contributed by atoms with E-state index in [0.29, 0.717) is 12.3 Å². The first kappa shape index (κ1) is 15.4. The lowest BCUT2D eigenvalue weighted by atomic mass is 10.0. The molecule has 1 saturated heterocycles. The summed E-state index contributed by atoms with van der Waals surface area (Å²) < 4.78 is 5.44. The van der Waals surface area contributed by atoms with Crippen LogP contribution in [0.4, 0.5) is 0 Å². The van der Waals surface area contributed by atoms with Crippen molar-refractivity contribution in [2.75, 3.05) is 33.4 Å². The highest BCUT2D eigenvalue weighted by Crippen LogP contribution is 2.14. The minimum absolute atomic E-state index is 0.0794. The predicted molar refractivity (Wildman–Crippen MR) is 73.6 cm³/mol. The second-order valence-electron chi connectivity index (χ2n) is 6.28. The van der Waals surface area contributed by atoms with E-state index in [1.54, 1.807) is 0 Å². The molecule has 1 aliphatic heterocycles. The highest BCUT2D eigenvalue weighted by molar-refractivity contribution is 5.76. The molecule has 1 atom stereocenters. The summed E-state index contributed by atoms with van der Waals surface area (Å²) in [5.74, 6) is 0.737. The third kappa shape index (κ3) is 6.36. The van der Waals surface area contributed by atoms with Crippen molar-refractivity contribution in [1.29, 1.82) is 0 Å². The fourth-order valence-corrected chi connectivity index (χ4v) is 2.18. The fraction of sp³-hybridized carbons (Fsp3) is 0.929. The van der Waals surface area contributed by atoms with E-state index in [0.717, 1.165) is 32.7 Å². The Morgan fingerprint density at radius 2 is 2.17 bits per heavy atom. The number of ether oxygens (including phenoxy) is 1. The molecule has 1 amide bonds. The van der Waals surface area contributed by atoms with Gasteiger partial charge < -0.3 is 15.0 Å². The summed E-state index contributed by atoms with van der Waals surface area (Å²) in [5.41, 5.74) is 0.0794. The van der Waals surface area contributed by atoms with Crippen molar-refractivity contribution in [3.63, 3.8) is 0 Å². The van der Waals surface area contributed by atoms with Gasteiger partial charge in [0.25, 0.3) is 0 Å². The molecular weight excluding hydrogens is 228 g/mol. The van der Waals surface area contributed by atoms with Gasteiger partial charge in [-0.05, 0) is 39.5 Å². The number of carbonyl (C=O) groups is 1. The predicted octanol–water partition coefficient (Wildman–Crippen LogP) is 1.65. The van der Waals surface area contributed by atoms with Crippen LogP contribution in [0.15, 0.2) is 0 Å². The molecular formula is C14H28N2O2. The first-order chi connectivity index (χ1) is 8.38. The van der Waals surface area contributed by atoms with Crippen LogP contribution in [-0.4, -0.2) is 49.7 Å². The van der Waals surface area contributed by atoms with Crippen LogP contribution in [0, 0.1) is 5.92 Å². The summed E-state index contributed by atoms with van der Waals surface area (Å²) in [5, 5.41) is 3.34. The van der Waals surface area contributed by atoms with Gasteiger partial charge in [0.1, 0.15) is 0 Å². The Bertz CT molecular complexity index is 255. The van der Waals surface area contributed by atoms with Crippen LogP contribution in [0.5, 0.6) is 0 Å². The van der Waals surface area contributed by atoms with E-state index in [2.05, 4.69) is 26.1 Å². The van der Waals surface area contributed by atoms with Crippen molar-refractivity contribution in [2.45, 2.75) is 45.6 Å². The van der Waals surface area contributed by atoms with Crippen LogP contribution < -0.4 is 5.32 Å². The van der Waals surface area contributed by atoms with Crippen LogP contribution in [0.3, 0.4) is 0 Å². The molecule has 1 aliphatic rings. The van der Waals surface area contributed by atoms with Crippen LogP contribution >= 0.6 is 0 Å². The molecule has 1 heterocycles. The molecule has 0 radical (unpaired) electrons. The minimum atomic E-state index is 0.0794. The van der Waals surface area contributed by atoms with Gasteiger partial charge in [-0.25, -0.2) is 0 Å². The molecule has 0 aromatic carbocycles. The van der Waals surface area contributed by atoms with Crippen molar-refractivity contribution in [3.8, 4) is 0 Å². The fourth-order valence-electron chi connectivity index (χ4n) is 2.18. The summed E-state index contributed by atoms with van der Waals surface area (Å²) in [7, 11) is 1.90. The normalized spacial score (nSPS) is 20.8. The van der Waals surface area contributed by atoms with E-state index < -0.39 is 0 Å². The molecule has 18 heavy (non-hydrogen) atoms. The van der Waals surface area contributed by atoms with Crippen LogP contribution in [0.25, 0.3) is 0 Å². The average molecular weight is 256 g/mol. The summed E-state index contributed by atoms with van der Waals surface area (Å²) in [6, 6.07) is 0. The van der Waals surface area contributed by atoms with Crippen molar-refractivity contribution < 1.29 is 9.53 Å². The monoisotopic (exact) mass is 256 g/mol. The summed E-state index contributed by atoms with van der Waals surface area (Å²) >= 11 is 0. The van der Waals surface area contributed by atoms with Crippen molar-refractivity contribution in [1.82, 2.24) is 10.2 Å². The number of nitrogens with one attached hydrogen (secondary N) is 1. The molecule has 1 fully saturated rings. The standard InChI is InChI=1S/C14H28N2O2/c1-14(2,3)15-8-7-13(17)16(4)10-12-6-5-9-18-11-12/h12,15H,5-11H2,1-4H3. The molecule has 0 aromatic heterocycles. The molecule has 4 nitrogen and oxygen atoms in total. The van der Waals surface area contributed by atoms with E-state index in [-0.39, 0.29) is 11.4 Å². The van der Waals surface area contributed by atoms with Gasteiger partial charge in [-0.3, -0.25) is 4.79 Å². The topological polar surface area (TPSA) is 41.6 Å². The van der Waals surface area contributed by atoms with E-state index in [1.807, 2.05) is 11.9 Å². The Morgan fingerprint density at radius 1 is 1.44 bits per heavy atom. The van der Waals surface area contributed by atoms with E-state index in [1.165, 1.54) is 6.42 Å². The quantitative estimate of drug-likeness (QED) is 0.813. The second kappa shape index (κ2) is 7.10. The van der Waals surface area contributed by atoms with Gasteiger partial charge in [0, 0.05) is 38.7 Å². The molecule has 106 valence electrons. The average Bonchev–Trinajstić information content (AvgIpc) is 2.28. The van der Waals surface area contributed by atoms with Gasteiger partial charge in [0.05, 0.1) is 6.61 Å². The third-order valence-electron chi connectivity index (χ3n) is 3.21. The van der Waals surface area contributed by atoms with Crippen LogP contribution in [0.2, 0.25) is 0 Å². The Kier molecular flexibility index (Phi) is 6.09. The molecule has 1 unspecified atom stereocenters. The first-order valence-electron chi connectivity index (χ1n) is 6.95. The van der Waals surface area contributed by atoms with Gasteiger partial charge in [0.2, 0.25) is 5.91 Å². The number of rotatable bonds is 5. The number of hydrogen-bond donors (Lipinski definition) is 1. The SMILES string of the molecule is CN(CC1CCCOC1)C(=O)CCNC(C)(C)C. The van der Waals surface area contributed by atoms with Crippen LogP contribution in [0.1, 0.15) is 40.0 Å². The maximum absolute atomic E-state index is 11.9. The third-order valence-corrected chi connectivity index (χ3v) is 3.21. The number of hydrogen-bond acceptors (Lipinski definition) is 3. The summed E-state index contributed by atoms with van der Waals surface area (Å²) in [6.45, 7) is 9.59. The van der Waals surface area contributed by atoms with Crippen molar-refractivity contribution in [2.24, 2.45) is 5.92 Å². The van der Waals surface area contributed by atoms with E-state index in [9.17, 15) is 4.79 Å². The zero-order valence-corrected chi connectivity index (χ0v) is 12.3. The second-order valence-corrected chi connectivity index (χ2v) is 6.28. The molecule has 1 N–H and O–H groups in total. The number of amides is 1. The Balaban J connectivity index is 2.19. The highest BCUT2D eigenvalue weighted by atomic mass is 16.5. The summed E-state index contributed by atoms with van der Waals surface area (Å²) in [4.78, 5) is 13.8. The lowest BCUT2D eigenvalue weighted by Gasteiger charge is -2.27. The maximum atomic E-state index is 11.9. The zero-order valence-electron chi connectivity index (χ0n) is 12.3. The minimum Gasteiger partial charge on any atom is -0.381 e. The number of carbonyl (C=O) groups excluding carboxylic acids is 1. The largest absolute Gasteiger partial charge is 0.381 e. The van der Waals surface area contributed by atoms with Crippen molar-refractivity contribution >= 4 is 5.91 Å². The Morgan fingerprint density at radius 3 is 2.72 bits per heavy atom. The molecule has 0 saturated carbocycles. The van der Waals surface area contributed by atoms with Gasteiger partial charge in [0.15, 0.2) is 0 Å². The summed E-state index contributed by atoms with van der Waals surface area (Å²) in [6.07, 6.45) is 2.87. The molecule has 1 rings (SSSR count). The highest BCUT2D eigenvalue weighted by Gasteiger charge is 2.18. The molecule has 0 spiro atoms. The van der Waals surface area contributed by atoms with Gasteiger partial charge in [-0.2, -0.15) is 0 Å². The Hall–Kier alpha value is -0.610. The molecule has 4 heteroatoms. The van der Waals surface area contributed by atoms with E-state index in [4.69, 9.17) is 4.74 Å². The van der Waals surface area contributed by atoms with E-state index >= 15 is 0 Å². The van der Waals surface area contributed by atoms with Crippen LogP contribution in [-0.2, 0) is 9.53 Å². The van der Waals surface area contributed by atoms with Gasteiger partial charge in [-0.1, -0.05) is 0 Å². The lowest BCUT2D eigenvalue weighted by Crippen LogP contribution is -2.40.